The molecule has 0 rings (SSSR count). The molecule has 3 N–H and O–H groups in total. The van der Waals surface area contributed by atoms with Crippen molar-refractivity contribution in [2.75, 3.05) is 20.6 Å². The number of rotatable bonds is 5. The summed E-state index contributed by atoms with van der Waals surface area (Å²) in [5.41, 5.74) is 5.83. The minimum atomic E-state index is -0.0285. The fraction of sp³-hybridized carbons (Fsp3) is 0.923. The molecule has 0 aromatic rings. The smallest absolute Gasteiger partial charge is 0.189 e. The Labute approximate surface area is 107 Å². The van der Waals surface area contributed by atoms with Crippen LogP contribution in [0, 0.1) is 5.92 Å². The van der Waals surface area contributed by atoms with Crippen LogP contribution in [-0.2, 0) is 0 Å². The van der Waals surface area contributed by atoms with Crippen molar-refractivity contribution in [3.8, 4) is 0 Å². The third-order valence-electron chi connectivity index (χ3n) is 2.45. The fourth-order valence-electron chi connectivity index (χ4n) is 1.62. The maximum absolute atomic E-state index is 5.86. The number of nitrogens with two attached hydrogens (primary N) is 1. The Balaban J connectivity index is 4.32. The monoisotopic (exact) mass is 242 g/mol. The van der Waals surface area contributed by atoms with Crippen LogP contribution >= 0.6 is 0 Å². The Morgan fingerprint density at radius 1 is 1.29 bits per heavy atom. The first-order valence-electron chi connectivity index (χ1n) is 6.36. The second-order valence-electron chi connectivity index (χ2n) is 6.35. The zero-order chi connectivity index (χ0) is 13.6. The standard InChI is InChI=1S/C13H30N4/c1-10(2)8-11(17(6)7)9-15-12(14)16-13(3,4)5/h10-11H,8-9H2,1-7H3,(H3,14,15,16). The van der Waals surface area contributed by atoms with Gasteiger partial charge in [0, 0.05) is 11.6 Å². The Bertz CT molecular complexity index is 238. The van der Waals surface area contributed by atoms with E-state index in [1.165, 1.54) is 0 Å². The van der Waals surface area contributed by atoms with E-state index in [1.54, 1.807) is 0 Å². The number of nitrogens with one attached hydrogen (secondary N) is 1. The van der Waals surface area contributed by atoms with Crippen LogP contribution in [0.3, 0.4) is 0 Å². The van der Waals surface area contributed by atoms with Gasteiger partial charge in [-0.3, -0.25) is 4.99 Å². The van der Waals surface area contributed by atoms with Gasteiger partial charge in [-0.15, -0.1) is 0 Å². The highest BCUT2D eigenvalue weighted by Gasteiger charge is 2.14. The zero-order valence-corrected chi connectivity index (χ0v) is 12.5. The Morgan fingerprint density at radius 2 is 1.82 bits per heavy atom. The Morgan fingerprint density at radius 3 is 2.18 bits per heavy atom. The molecule has 0 saturated heterocycles. The van der Waals surface area contributed by atoms with Crippen LogP contribution in [-0.4, -0.2) is 43.1 Å². The molecule has 0 heterocycles. The van der Waals surface area contributed by atoms with Gasteiger partial charge in [-0.05, 0) is 47.2 Å². The van der Waals surface area contributed by atoms with Crippen LogP contribution in [0.4, 0.5) is 0 Å². The van der Waals surface area contributed by atoms with Gasteiger partial charge in [0.25, 0.3) is 0 Å². The van der Waals surface area contributed by atoms with E-state index in [0.717, 1.165) is 13.0 Å². The van der Waals surface area contributed by atoms with E-state index < -0.39 is 0 Å². The first-order chi connectivity index (χ1) is 7.61. The molecule has 0 aromatic heterocycles. The number of aliphatic imine (C=N–C) groups is 1. The quantitative estimate of drug-likeness (QED) is 0.569. The van der Waals surface area contributed by atoms with Crippen LogP contribution in [0.2, 0.25) is 0 Å². The summed E-state index contributed by atoms with van der Waals surface area (Å²) in [6.07, 6.45) is 1.14. The highest BCUT2D eigenvalue weighted by Crippen LogP contribution is 2.09. The molecule has 0 aliphatic heterocycles. The molecule has 0 saturated carbocycles. The molecular weight excluding hydrogens is 212 g/mol. The van der Waals surface area contributed by atoms with E-state index in [4.69, 9.17) is 5.73 Å². The van der Waals surface area contributed by atoms with Gasteiger partial charge in [0.1, 0.15) is 0 Å². The van der Waals surface area contributed by atoms with Crippen LogP contribution in [0.5, 0.6) is 0 Å². The molecule has 1 atom stereocenters. The second-order valence-corrected chi connectivity index (χ2v) is 6.35. The van der Waals surface area contributed by atoms with Gasteiger partial charge in [-0.2, -0.15) is 0 Å². The van der Waals surface area contributed by atoms with E-state index in [1.807, 2.05) is 0 Å². The summed E-state index contributed by atoms with van der Waals surface area (Å²) < 4.78 is 0. The van der Waals surface area contributed by atoms with Crippen LogP contribution in [0.25, 0.3) is 0 Å². The largest absolute Gasteiger partial charge is 0.370 e. The van der Waals surface area contributed by atoms with Gasteiger partial charge < -0.3 is 16.0 Å². The lowest BCUT2D eigenvalue weighted by atomic mass is 10.0. The molecule has 0 amide bonds. The normalized spacial score (nSPS) is 15.5. The predicted octanol–water partition coefficient (Wildman–Crippen LogP) is 1.67. The van der Waals surface area contributed by atoms with Gasteiger partial charge in [0.15, 0.2) is 5.96 Å². The van der Waals surface area contributed by atoms with Gasteiger partial charge in [-0.1, -0.05) is 13.8 Å². The molecule has 0 aromatic carbocycles. The van der Waals surface area contributed by atoms with Gasteiger partial charge in [0.2, 0.25) is 0 Å². The minimum absolute atomic E-state index is 0.0285. The average Bonchev–Trinajstić information content (AvgIpc) is 2.08. The molecule has 0 fully saturated rings. The molecule has 102 valence electrons. The lowest BCUT2D eigenvalue weighted by molar-refractivity contribution is 0.261. The van der Waals surface area contributed by atoms with Gasteiger partial charge in [0.05, 0.1) is 6.54 Å². The minimum Gasteiger partial charge on any atom is -0.370 e. The first kappa shape index (κ1) is 16.2. The molecule has 4 heteroatoms. The summed E-state index contributed by atoms with van der Waals surface area (Å²) in [5, 5.41) is 3.18. The lowest BCUT2D eigenvalue weighted by Gasteiger charge is -2.25. The summed E-state index contributed by atoms with van der Waals surface area (Å²) in [6, 6.07) is 0.454. The first-order valence-corrected chi connectivity index (χ1v) is 6.36. The van der Waals surface area contributed by atoms with Crippen molar-refractivity contribution < 1.29 is 0 Å². The molecule has 1 unspecified atom stereocenters. The van der Waals surface area contributed by atoms with E-state index in [-0.39, 0.29) is 5.54 Å². The highest BCUT2D eigenvalue weighted by molar-refractivity contribution is 5.78. The summed E-state index contributed by atoms with van der Waals surface area (Å²) in [4.78, 5) is 6.64. The predicted molar refractivity (Wildman–Crippen MR) is 76.3 cm³/mol. The molecule has 17 heavy (non-hydrogen) atoms. The maximum Gasteiger partial charge on any atom is 0.189 e. The van der Waals surface area contributed by atoms with E-state index in [0.29, 0.717) is 17.9 Å². The fourth-order valence-corrected chi connectivity index (χ4v) is 1.62. The Hall–Kier alpha value is -0.770. The average molecular weight is 242 g/mol. The number of nitrogens with zero attached hydrogens (tertiary/aromatic N) is 2. The third kappa shape index (κ3) is 8.98. The summed E-state index contributed by atoms with van der Waals surface area (Å²) in [5.74, 6) is 1.21. The summed E-state index contributed by atoms with van der Waals surface area (Å²) >= 11 is 0. The molecule has 0 bridgehead atoms. The zero-order valence-electron chi connectivity index (χ0n) is 12.5. The topological polar surface area (TPSA) is 53.6 Å². The summed E-state index contributed by atoms with van der Waals surface area (Å²) in [6.45, 7) is 11.4. The molecule has 0 spiro atoms. The van der Waals surface area contributed by atoms with Crippen molar-refractivity contribution in [2.24, 2.45) is 16.6 Å². The summed E-state index contributed by atoms with van der Waals surface area (Å²) in [7, 11) is 4.19. The highest BCUT2D eigenvalue weighted by atomic mass is 15.2. The SMILES string of the molecule is CC(C)CC(CN=C(N)NC(C)(C)C)N(C)C. The van der Waals surface area contributed by atoms with Crippen LogP contribution < -0.4 is 11.1 Å². The van der Waals surface area contributed by atoms with Crippen molar-refractivity contribution in [1.29, 1.82) is 0 Å². The van der Waals surface area contributed by atoms with Crippen LogP contribution in [0.15, 0.2) is 4.99 Å². The van der Waals surface area contributed by atoms with Crippen molar-refractivity contribution in [2.45, 2.75) is 52.6 Å². The third-order valence-corrected chi connectivity index (χ3v) is 2.45. The van der Waals surface area contributed by atoms with Gasteiger partial charge >= 0.3 is 0 Å². The van der Waals surface area contributed by atoms with Crippen molar-refractivity contribution in [3.63, 3.8) is 0 Å². The molecule has 0 aliphatic carbocycles. The number of likely N-dealkylation sites (N-methyl/N-ethyl adjacent to an activating group) is 1. The van der Waals surface area contributed by atoms with Gasteiger partial charge in [-0.25, -0.2) is 0 Å². The molecule has 4 nitrogen and oxygen atoms in total. The molecule has 0 aliphatic rings. The number of hydrogen-bond acceptors (Lipinski definition) is 2. The number of guanidine groups is 1. The van der Waals surface area contributed by atoms with Crippen LogP contribution in [0.1, 0.15) is 41.0 Å². The van der Waals surface area contributed by atoms with E-state index >= 15 is 0 Å². The lowest BCUT2D eigenvalue weighted by Crippen LogP contribution is -2.45. The van der Waals surface area contributed by atoms with Crippen molar-refractivity contribution >= 4 is 5.96 Å². The van der Waals surface area contributed by atoms with Crippen molar-refractivity contribution in [3.05, 3.63) is 0 Å². The van der Waals surface area contributed by atoms with E-state index in [2.05, 4.69) is 63.9 Å². The maximum atomic E-state index is 5.86. The number of hydrogen-bond donors (Lipinski definition) is 2. The molecule has 0 radical (unpaired) electrons. The van der Waals surface area contributed by atoms with E-state index in [9.17, 15) is 0 Å². The second kappa shape index (κ2) is 6.84. The van der Waals surface area contributed by atoms with Crippen molar-refractivity contribution in [1.82, 2.24) is 10.2 Å². The molecular formula is C13H30N4. The Kier molecular flexibility index (Phi) is 6.53.